The maximum atomic E-state index is 13.9. The van der Waals surface area contributed by atoms with E-state index in [1.54, 1.807) is 19.1 Å². The van der Waals surface area contributed by atoms with Crippen LogP contribution >= 0.6 is 11.6 Å². The summed E-state index contributed by atoms with van der Waals surface area (Å²) in [6.45, 7) is 1.77. The Bertz CT molecular complexity index is 582. The van der Waals surface area contributed by atoms with Crippen LogP contribution in [-0.4, -0.2) is 0 Å². The molecule has 0 amide bonds. The monoisotopic (exact) mass is 267 g/mol. The van der Waals surface area contributed by atoms with Gasteiger partial charge in [-0.3, -0.25) is 0 Å². The highest BCUT2D eigenvalue weighted by Crippen LogP contribution is 2.31. The highest BCUT2D eigenvalue weighted by atomic mass is 35.5. The molecule has 0 radical (unpaired) electrons. The summed E-state index contributed by atoms with van der Waals surface area (Å²) in [5, 5.41) is 0.301. The van der Waals surface area contributed by atoms with Crippen LogP contribution < -0.4 is 5.73 Å². The maximum Gasteiger partial charge on any atom is 0.132 e. The Balaban J connectivity index is 2.65. The van der Waals surface area contributed by atoms with Crippen molar-refractivity contribution >= 4 is 11.6 Å². The van der Waals surface area contributed by atoms with Crippen LogP contribution in [0.2, 0.25) is 5.02 Å². The minimum absolute atomic E-state index is 0.297. The molecule has 1 nitrogen and oxygen atoms in total. The fourth-order valence-corrected chi connectivity index (χ4v) is 2.03. The second-order valence-electron chi connectivity index (χ2n) is 4.14. The Hall–Kier alpha value is -1.45. The van der Waals surface area contributed by atoms with Crippen molar-refractivity contribution in [3.8, 4) is 11.1 Å². The predicted octanol–water partition coefficient (Wildman–Crippen LogP) is 4.30. The van der Waals surface area contributed by atoms with Gasteiger partial charge in [0.15, 0.2) is 0 Å². The molecule has 0 saturated carbocycles. The predicted molar refractivity (Wildman–Crippen MR) is 69.4 cm³/mol. The normalized spacial score (nSPS) is 12.5. The number of benzene rings is 2. The van der Waals surface area contributed by atoms with Crippen LogP contribution in [-0.2, 0) is 0 Å². The minimum atomic E-state index is -0.491. The maximum absolute atomic E-state index is 13.9. The van der Waals surface area contributed by atoms with Gasteiger partial charge in [0.05, 0.1) is 0 Å². The Labute approximate surface area is 109 Å². The van der Waals surface area contributed by atoms with Crippen LogP contribution in [0.1, 0.15) is 18.5 Å². The third-order valence-corrected chi connectivity index (χ3v) is 2.96. The lowest BCUT2D eigenvalue weighted by molar-refractivity contribution is 0.622. The molecule has 0 aliphatic rings. The average Bonchev–Trinajstić information content (AvgIpc) is 2.28. The number of hydrogen-bond acceptors (Lipinski definition) is 1. The van der Waals surface area contributed by atoms with Crippen LogP contribution in [0.15, 0.2) is 36.4 Å². The molecule has 94 valence electrons. The van der Waals surface area contributed by atoms with Gasteiger partial charge in [-0.15, -0.1) is 0 Å². The molecular formula is C14H12ClF2N. The van der Waals surface area contributed by atoms with Crippen LogP contribution in [0.5, 0.6) is 0 Å². The lowest BCUT2D eigenvalue weighted by Crippen LogP contribution is -2.07. The summed E-state index contributed by atoms with van der Waals surface area (Å²) in [6, 6.07) is 8.15. The van der Waals surface area contributed by atoms with Crippen LogP contribution in [0.4, 0.5) is 8.78 Å². The topological polar surface area (TPSA) is 26.0 Å². The largest absolute Gasteiger partial charge is 0.324 e. The summed E-state index contributed by atoms with van der Waals surface area (Å²) in [6.07, 6.45) is 0. The first-order valence-corrected chi connectivity index (χ1v) is 5.87. The fourth-order valence-electron chi connectivity index (χ4n) is 1.87. The smallest absolute Gasteiger partial charge is 0.132 e. The van der Waals surface area contributed by atoms with Crippen molar-refractivity contribution in [3.63, 3.8) is 0 Å². The van der Waals surface area contributed by atoms with E-state index in [4.69, 9.17) is 17.3 Å². The standard InChI is InChI=1S/C14H12ClF2N/c1-8(18)11-5-3-10(16)7-13(11)12-4-2-9(15)6-14(12)17/h2-8H,18H2,1H3. The van der Waals surface area contributed by atoms with Gasteiger partial charge in [-0.25, -0.2) is 8.78 Å². The van der Waals surface area contributed by atoms with Crippen molar-refractivity contribution in [1.29, 1.82) is 0 Å². The summed E-state index contributed by atoms with van der Waals surface area (Å²) >= 11 is 5.70. The Morgan fingerprint density at radius 2 is 1.78 bits per heavy atom. The van der Waals surface area contributed by atoms with Gasteiger partial charge in [0.25, 0.3) is 0 Å². The zero-order valence-corrected chi connectivity index (χ0v) is 10.5. The Kier molecular flexibility index (Phi) is 3.64. The van der Waals surface area contributed by atoms with E-state index in [-0.39, 0.29) is 6.04 Å². The molecule has 2 aromatic rings. The molecule has 0 saturated heterocycles. The number of nitrogens with two attached hydrogens (primary N) is 1. The molecule has 0 spiro atoms. The van der Waals surface area contributed by atoms with Gasteiger partial charge in [0, 0.05) is 16.6 Å². The van der Waals surface area contributed by atoms with Crippen molar-refractivity contribution in [3.05, 3.63) is 58.6 Å². The van der Waals surface area contributed by atoms with Gasteiger partial charge in [-0.2, -0.15) is 0 Å². The summed E-state index contributed by atoms with van der Waals surface area (Å²) in [7, 11) is 0. The quantitative estimate of drug-likeness (QED) is 0.862. The second kappa shape index (κ2) is 5.04. The van der Waals surface area contributed by atoms with E-state index in [9.17, 15) is 8.78 Å². The van der Waals surface area contributed by atoms with Gasteiger partial charge < -0.3 is 5.73 Å². The Morgan fingerprint density at radius 1 is 1.06 bits per heavy atom. The van der Waals surface area contributed by atoms with E-state index in [0.717, 1.165) is 0 Å². The highest BCUT2D eigenvalue weighted by molar-refractivity contribution is 6.30. The van der Waals surface area contributed by atoms with Crippen LogP contribution in [0, 0.1) is 11.6 Å². The summed E-state index contributed by atoms with van der Waals surface area (Å²) < 4.78 is 27.2. The SMILES string of the molecule is CC(N)c1ccc(F)cc1-c1ccc(Cl)cc1F. The number of hydrogen-bond donors (Lipinski definition) is 1. The van der Waals surface area contributed by atoms with E-state index in [1.165, 1.54) is 24.3 Å². The molecule has 0 aliphatic carbocycles. The first-order chi connectivity index (χ1) is 8.49. The second-order valence-corrected chi connectivity index (χ2v) is 4.58. The molecule has 0 aromatic heterocycles. The molecule has 0 fully saturated rings. The molecule has 2 N–H and O–H groups in total. The van der Waals surface area contributed by atoms with Crippen molar-refractivity contribution < 1.29 is 8.78 Å². The molecule has 0 heterocycles. The van der Waals surface area contributed by atoms with Crippen molar-refractivity contribution in [2.75, 3.05) is 0 Å². The van der Waals surface area contributed by atoms with E-state index in [0.29, 0.717) is 21.7 Å². The van der Waals surface area contributed by atoms with Gasteiger partial charge in [-0.05, 0) is 48.4 Å². The molecular weight excluding hydrogens is 256 g/mol. The van der Waals surface area contributed by atoms with Crippen molar-refractivity contribution in [2.45, 2.75) is 13.0 Å². The first-order valence-electron chi connectivity index (χ1n) is 5.49. The number of halogens is 3. The molecule has 0 aliphatic heterocycles. The molecule has 0 bridgehead atoms. The van der Waals surface area contributed by atoms with Crippen LogP contribution in [0.3, 0.4) is 0 Å². The molecule has 4 heteroatoms. The Morgan fingerprint density at radius 3 is 2.39 bits per heavy atom. The van der Waals surface area contributed by atoms with Gasteiger partial charge >= 0.3 is 0 Å². The molecule has 18 heavy (non-hydrogen) atoms. The first kappa shape index (κ1) is 13.0. The van der Waals surface area contributed by atoms with Gasteiger partial charge in [0.1, 0.15) is 11.6 Å². The van der Waals surface area contributed by atoms with Gasteiger partial charge in [0.2, 0.25) is 0 Å². The van der Waals surface area contributed by atoms with Gasteiger partial charge in [-0.1, -0.05) is 17.7 Å². The van der Waals surface area contributed by atoms with Crippen molar-refractivity contribution in [1.82, 2.24) is 0 Å². The summed E-state index contributed by atoms with van der Waals surface area (Å²) in [4.78, 5) is 0. The van der Waals surface area contributed by atoms with E-state index in [2.05, 4.69) is 0 Å². The number of rotatable bonds is 2. The average molecular weight is 268 g/mol. The minimum Gasteiger partial charge on any atom is -0.324 e. The van der Waals surface area contributed by atoms with E-state index in [1.807, 2.05) is 0 Å². The van der Waals surface area contributed by atoms with E-state index >= 15 is 0 Å². The van der Waals surface area contributed by atoms with Crippen molar-refractivity contribution in [2.24, 2.45) is 5.73 Å². The fraction of sp³-hybridized carbons (Fsp3) is 0.143. The van der Waals surface area contributed by atoms with E-state index < -0.39 is 11.6 Å². The third-order valence-electron chi connectivity index (χ3n) is 2.73. The third kappa shape index (κ3) is 2.52. The zero-order chi connectivity index (χ0) is 13.3. The highest BCUT2D eigenvalue weighted by Gasteiger charge is 2.13. The zero-order valence-electron chi connectivity index (χ0n) is 9.75. The molecule has 2 rings (SSSR count). The lowest BCUT2D eigenvalue weighted by Gasteiger charge is -2.14. The molecule has 1 unspecified atom stereocenters. The molecule has 1 atom stereocenters. The summed E-state index contributed by atoms with van der Waals surface area (Å²) in [5.74, 6) is -0.918. The lowest BCUT2D eigenvalue weighted by atomic mass is 9.95. The summed E-state index contributed by atoms with van der Waals surface area (Å²) in [5.41, 5.74) is 7.26. The van der Waals surface area contributed by atoms with Crippen LogP contribution in [0.25, 0.3) is 11.1 Å². The molecule has 2 aromatic carbocycles.